The van der Waals surface area contributed by atoms with E-state index < -0.39 is 0 Å². The van der Waals surface area contributed by atoms with Gasteiger partial charge in [-0.25, -0.2) is 0 Å². The monoisotopic (exact) mass is 204 g/mol. The maximum Gasteiger partial charge on any atom is 0.269 e. The van der Waals surface area contributed by atoms with Gasteiger partial charge in [-0.3, -0.25) is 15.1 Å². The van der Waals surface area contributed by atoms with Crippen LogP contribution in [0.1, 0.15) is 30.9 Å². The fourth-order valence-electron chi connectivity index (χ4n) is 1.75. The molecule has 0 radical (unpaired) electrons. The van der Waals surface area contributed by atoms with E-state index in [2.05, 4.69) is 4.99 Å². The fraction of sp³-hybridized carbons (Fsp3) is 0.364. The second-order valence-corrected chi connectivity index (χ2v) is 3.63. The molecule has 0 bridgehead atoms. The van der Waals surface area contributed by atoms with Crippen molar-refractivity contribution in [3.8, 4) is 0 Å². The molecule has 1 aromatic carbocycles. The molecule has 1 unspecified atom stereocenters. The number of nitrogens with zero attached hydrogens (tertiary/aromatic N) is 2. The van der Waals surface area contributed by atoms with Crippen LogP contribution in [0.15, 0.2) is 29.3 Å². The normalized spacial score (nSPS) is 20.1. The molecule has 0 aromatic heterocycles. The minimum absolute atomic E-state index is 0.138. The van der Waals surface area contributed by atoms with E-state index in [1.54, 1.807) is 24.3 Å². The van der Waals surface area contributed by atoms with Gasteiger partial charge in [-0.1, -0.05) is 12.1 Å². The van der Waals surface area contributed by atoms with E-state index in [-0.39, 0.29) is 16.7 Å². The molecule has 2 rings (SSSR count). The van der Waals surface area contributed by atoms with Gasteiger partial charge in [0.05, 0.1) is 11.0 Å². The Morgan fingerprint density at radius 1 is 1.33 bits per heavy atom. The average Bonchev–Trinajstić information content (AvgIpc) is 2.30. The van der Waals surface area contributed by atoms with Crippen LogP contribution < -0.4 is 0 Å². The van der Waals surface area contributed by atoms with E-state index in [0.717, 1.165) is 24.8 Å². The Bertz CT molecular complexity index is 384. The third-order valence-corrected chi connectivity index (χ3v) is 2.58. The van der Waals surface area contributed by atoms with E-state index in [4.69, 9.17) is 0 Å². The zero-order valence-corrected chi connectivity index (χ0v) is 8.30. The van der Waals surface area contributed by atoms with Crippen LogP contribution in [0, 0.1) is 10.1 Å². The predicted molar refractivity (Wildman–Crippen MR) is 58.2 cm³/mol. The number of aliphatic imine (C=N–C) groups is 1. The summed E-state index contributed by atoms with van der Waals surface area (Å²) < 4.78 is 0. The van der Waals surface area contributed by atoms with E-state index in [9.17, 15) is 10.1 Å². The Morgan fingerprint density at radius 2 is 2.07 bits per heavy atom. The smallest absolute Gasteiger partial charge is 0.269 e. The summed E-state index contributed by atoms with van der Waals surface area (Å²) in [6.07, 6.45) is 5.17. The zero-order valence-electron chi connectivity index (χ0n) is 8.30. The van der Waals surface area contributed by atoms with Gasteiger partial charge in [0, 0.05) is 12.1 Å². The summed E-state index contributed by atoms with van der Waals surface area (Å²) in [5.74, 6) is 0. The number of nitro groups is 1. The minimum Gasteiger partial charge on any atom is -0.289 e. The molecule has 0 spiro atoms. The van der Waals surface area contributed by atoms with Gasteiger partial charge < -0.3 is 0 Å². The Morgan fingerprint density at radius 3 is 2.60 bits per heavy atom. The van der Waals surface area contributed by atoms with E-state index >= 15 is 0 Å². The van der Waals surface area contributed by atoms with Gasteiger partial charge in [-0.2, -0.15) is 0 Å². The predicted octanol–water partition coefficient (Wildman–Crippen LogP) is 2.89. The molecular formula is C11H12N2O2. The van der Waals surface area contributed by atoms with Crippen molar-refractivity contribution in [3.63, 3.8) is 0 Å². The number of nitro benzene ring substituents is 1. The quantitative estimate of drug-likeness (QED) is 0.549. The van der Waals surface area contributed by atoms with E-state index in [1.165, 1.54) is 0 Å². The Labute approximate surface area is 87.8 Å². The second-order valence-electron chi connectivity index (χ2n) is 3.63. The summed E-state index contributed by atoms with van der Waals surface area (Å²) in [5, 5.41) is 10.5. The van der Waals surface area contributed by atoms with Crippen molar-refractivity contribution in [2.45, 2.75) is 25.3 Å². The molecule has 15 heavy (non-hydrogen) atoms. The number of hydrogen-bond acceptors (Lipinski definition) is 3. The standard InChI is InChI=1S/C11H12N2O2/c14-13(15)10-6-4-9(5-7-10)11-3-1-2-8-12-11/h4-8,11H,1-3H2. The van der Waals surface area contributed by atoms with Gasteiger partial charge in [0.1, 0.15) is 0 Å². The molecule has 1 aliphatic heterocycles. The van der Waals surface area contributed by atoms with Crippen molar-refractivity contribution in [1.29, 1.82) is 0 Å². The summed E-state index contributed by atoms with van der Waals surface area (Å²) >= 11 is 0. The fourth-order valence-corrected chi connectivity index (χ4v) is 1.75. The van der Waals surface area contributed by atoms with Crippen LogP contribution in [0.4, 0.5) is 5.69 Å². The minimum atomic E-state index is -0.381. The number of benzene rings is 1. The van der Waals surface area contributed by atoms with Crippen molar-refractivity contribution in [3.05, 3.63) is 39.9 Å². The van der Waals surface area contributed by atoms with Crippen LogP contribution in [0.3, 0.4) is 0 Å². The molecule has 0 aliphatic carbocycles. The van der Waals surface area contributed by atoms with Crippen molar-refractivity contribution < 1.29 is 4.92 Å². The van der Waals surface area contributed by atoms with Crippen LogP contribution in [-0.4, -0.2) is 11.1 Å². The summed E-state index contributed by atoms with van der Waals surface area (Å²) in [4.78, 5) is 14.5. The molecular weight excluding hydrogens is 192 g/mol. The van der Waals surface area contributed by atoms with Crippen LogP contribution >= 0.6 is 0 Å². The van der Waals surface area contributed by atoms with Crippen LogP contribution in [0.5, 0.6) is 0 Å². The van der Waals surface area contributed by atoms with Gasteiger partial charge >= 0.3 is 0 Å². The lowest BCUT2D eigenvalue weighted by molar-refractivity contribution is -0.384. The van der Waals surface area contributed by atoms with Gasteiger partial charge in [0.25, 0.3) is 5.69 Å². The molecule has 4 heteroatoms. The lowest BCUT2D eigenvalue weighted by atomic mass is 9.99. The third-order valence-electron chi connectivity index (χ3n) is 2.58. The first kappa shape index (κ1) is 9.83. The summed E-state index contributed by atoms with van der Waals surface area (Å²) in [7, 11) is 0. The average molecular weight is 204 g/mol. The first-order chi connectivity index (χ1) is 7.27. The molecule has 1 aliphatic rings. The Kier molecular flexibility index (Phi) is 2.76. The van der Waals surface area contributed by atoms with Gasteiger partial charge in [-0.15, -0.1) is 0 Å². The maximum absolute atomic E-state index is 10.5. The van der Waals surface area contributed by atoms with Gasteiger partial charge in [0.2, 0.25) is 0 Å². The molecule has 1 atom stereocenters. The number of hydrogen-bond donors (Lipinski definition) is 0. The molecule has 1 aromatic rings. The highest BCUT2D eigenvalue weighted by Gasteiger charge is 2.13. The molecule has 0 fully saturated rings. The zero-order chi connectivity index (χ0) is 10.7. The highest BCUT2D eigenvalue weighted by molar-refractivity contribution is 5.58. The maximum atomic E-state index is 10.5. The summed E-state index contributed by atoms with van der Waals surface area (Å²) in [6, 6.07) is 6.87. The topological polar surface area (TPSA) is 55.5 Å². The molecule has 0 saturated heterocycles. The van der Waals surface area contributed by atoms with Crippen LogP contribution in [-0.2, 0) is 0 Å². The van der Waals surface area contributed by atoms with Crippen molar-refractivity contribution >= 4 is 11.9 Å². The van der Waals surface area contributed by atoms with E-state index in [0.29, 0.717) is 0 Å². The van der Waals surface area contributed by atoms with Crippen LogP contribution in [0.2, 0.25) is 0 Å². The first-order valence-electron chi connectivity index (χ1n) is 5.03. The largest absolute Gasteiger partial charge is 0.289 e. The molecule has 4 nitrogen and oxygen atoms in total. The second kappa shape index (κ2) is 4.21. The molecule has 0 saturated carbocycles. The third kappa shape index (κ3) is 2.21. The number of rotatable bonds is 2. The molecule has 78 valence electrons. The number of non-ortho nitro benzene ring substituents is 1. The highest BCUT2D eigenvalue weighted by Crippen LogP contribution is 2.27. The van der Waals surface area contributed by atoms with Crippen molar-refractivity contribution in [1.82, 2.24) is 0 Å². The van der Waals surface area contributed by atoms with Gasteiger partial charge in [-0.05, 0) is 31.0 Å². The summed E-state index contributed by atoms with van der Waals surface area (Å²) in [6.45, 7) is 0. The highest BCUT2D eigenvalue weighted by atomic mass is 16.6. The summed E-state index contributed by atoms with van der Waals surface area (Å²) in [5.41, 5.74) is 1.20. The molecule has 1 heterocycles. The molecule has 0 amide bonds. The lowest BCUT2D eigenvalue weighted by Crippen LogP contribution is -2.01. The first-order valence-corrected chi connectivity index (χ1v) is 5.03. The Hall–Kier alpha value is -1.71. The SMILES string of the molecule is O=[N+]([O-])c1ccc(C2CCCC=N2)cc1. The van der Waals surface area contributed by atoms with Gasteiger partial charge in [0.15, 0.2) is 0 Å². The van der Waals surface area contributed by atoms with E-state index in [1.807, 2.05) is 6.21 Å². The van der Waals surface area contributed by atoms with Crippen molar-refractivity contribution in [2.75, 3.05) is 0 Å². The lowest BCUT2D eigenvalue weighted by Gasteiger charge is -2.15. The Balaban J connectivity index is 2.19. The van der Waals surface area contributed by atoms with Crippen molar-refractivity contribution in [2.24, 2.45) is 4.99 Å². The van der Waals surface area contributed by atoms with Crippen LogP contribution in [0.25, 0.3) is 0 Å². The molecule has 0 N–H and O–H groups in total.